The third-order valence-corrected chi connectivity index (χ3v) is 3.64. The number of carbonyl (C=O) groups is 1. The summed E-state index contributed by atoms with van der Waals surface area (Å²) in [4.78, 5) is 20.7. The molecule has 7 heteroatoms. The second kappa shape index (κ2) is 4.80. The van der Waals surface area contributed by atoms with Crippen molar-refractivity contribution < 1.29 is 9.53 Å². The quantitative estimate of drug-likeness (QED) is 0.865. The topological polar surface area (TPSA) is 78.1 Å². The molecule has 2 heterocycles. The molecule has 0 aliphatic carbocycles. The number of carbonyl (C=O) groups excluding carboxylic acids is 1. The van der Waals surface area contributed by atoms with Crippen LogP contribution in [-0.2, 0) is 4.74 Å². The molecule has 2 aromatic heterocycles. The van der Waals surface area contributed by atoms with Gasteiger partial charge in [-0.05, 0) is 13.8 Å². The third kappa shape index (κ3) is 2.45. The Hall–Kier alpha value is -1.47. The Morgan fingerprint density at radius 2 is 2.29 bits per heavy atom. The lowest BCUT2D eigenvalue weighted by atomic mass is 10.3. The van der Waals surface area contributed by atoms with Gasteiger partial charge >= 0.3 is 5.97 Å². The average molecular weight is 269 g/mol. The van der Waals surface area contributed by atoms with Gasteiger partial charge in [-0.2, -0.15) is 0 Å². The Morgan fingerprint density at radius 1 is 1.53 bits per heavy atom. The Labute approximate surface area is 106 Å². The summed E-state index contributed by atoms with van der Waals surface area (Å²) in [5.41, 5.74) is 6.61. The summed E-state index contributed by atoms with van der Waals surface area (Å²) in [7, 11) is 0. The summed E-state index contributed by atoms with van der Waals surface area (Å²) in [5.74, 6) is -0.457. The Kier molecular flexibility index (Phi) is 3.39. The SMILES string of the molecule is CCOC(=O)c1nc(N)sc1-c1csc(C)n1. The van der Waals surface area contributed by atoms with Crippen molar-refractivity contribution in [2.24, 2.45) is 0 Å². The van der Waals surface area contributed by atoms with E-state index >= 15 is 0 Å². The predicted octanol–water partition coefficient (Wildman–Crippen LogP) is 2.33. The smallest absolute Gasteiger partial charge is 0.358 e. The van der Waals surface area contributed by atoms with E-state index in [2.05, 4.69) is 9.97 Å². The molecule has 2 N–H and O–H groups in total. The number of ether oxygens (including phenoxy) is 1. The highest BCUT2D eigenvalue weighted by molar-refractivity contribution is 7.19. The molecule has 2 rings (SSSR count). The van der Waals surface area contributed by atoms with Crippen LogP contribution in [0.5, 0.6) is 0 Å². The number of nitrogens with zero attached hydrogens (tertiary/aromatic N) is 2. The molecule has 5 nitrogen and oxygen atoms in total. The molecule has 0 spiro atoms. The number of rotatable bonds is 3. The van der Waals surface area contributed by atoms with E-state index in [0.29, 0.717) is 16.6 Å². The van der Waals surface area contributed by atoms with E-state index in [-0.39, 0.29) is 5.69 Å². The fourth-order valence-corrected chi connectivity index (χ4v) is 2.78. The van der Waals surface area contributed by atoms with E-state index in [1.807, 2.05) is 12.3 Å². The van der Waals surface area contributed by atoms with Crippen molar-refractivity contribution in [1.82, 2.24) is 9.97 Å². The molecule has 0 saturated heterocycles. The van der Waals surface area contributed by atoms with E-state index in [4.69, 9.17) is 10.5 Å². The van der Waals surface area contributed by atoms with Crippen LogP contribution >= 0.6 is 22.7 Å². The molecule has 0 unspecified atom stereocenters. The van der Waals surface area contributed by atoms with Gasteiger partial charge in [-0.3, -0.25) is 0 Å². The zero-order valence-electron chi connectivity index (χ0n) is 9.39. The van der Waals surface area contributed by atoms with Crippen molar-refractivity contribution in [1.29, 1.82) is 0 Å². The van der Waals surface area contributed by atoms with Gasteiger partial charge in [-0.1, -0.05) is 11.3 Å². The van der Waals surface area contributed by atoms with Crippen molar-refractivity contribution in [3.05, 3.63) is 16.1 Å². The highest BCUT2D eigenvalue weighted by atomic mass is 32.1. The minimum atomic E-state index is -0.457. The highest BCUT2D eigenvalue weighted by Crippen LogP contribution is 2.32. The first kappa shape index (κ1) is 12.0. The zero-order chi connectivity index (χ0) is 12.4. The number of aromatic nitrogens is 2. The summed E-state index contributed by atoms with van der Waals surface area (Å²) >= 11 is 2.76. The first-order valence-electron chi connectivity index (χ1n) is 4.97. The maximum atomic E-state index is 11.7. The van der Waals surface area contributed by atoms with Crippen LogP contribution in [0.4, 0.5) is 5.13 Å². The summed E-state index contributed by atoms with van der Waals surface area (Å²) in [5, 5.41) is 3.15. The van der Waals surface area contributed by atoms with Crippen molar-refractivity contribution in [2.45, 2.75) is 13.8 Å². The summed E-state index contributed by atoms with van der Waals surface area (Å²) in [6.07, 6.45) is 0. The first-order chi connectivity index (χ1) is 8.11. The van der Waals surface area contributed by atoms with Crippen LogP contribution in [0.15, 0.2) is 5.38 Å². The van der Waals surface area contributed by atoms with Crippen molar-refractivity contribution in [3.63, 3.8) is 0 Å². The first-order valence-corrected chi connectivity index (χ1v) is 6.67. The number of nitrogen functional groups attached to an aromatic ring is 1. The van der Waals surface area contributed by atoms with Crippen LogP contribution in [-0.4, -0.2) is 22.5 Å². The van der Waals surface area contributed by atoms with E-state index < -0.39 is 5.97 Å². The van der Waals surface area contributed by atoms with Crippen molar-refractivity contribution in [3.8, 4) is 10.6 Å². The molecule has 0 aromatic carbocycles. The number of anilines is 1. The van der Waals surface area contributed by atoms with Gasteiger partial charge in [-0.25, -0.2) is 14.8 Å². The molecule has 0 fully saturated rings. The molecular formula is C10H11N3O2S2. The van der Waals surface area contributed by atoms with Crippen LogP contribution in [0.3, 0.4) is 0 Å². The maximum Gasteiger partial charge on any atom is 0.358 e. The molecule has 0 amide bonds. The average Bonchev–Trinajstić information content (AvgIpc) is 2.84. The predicted molar refractivity (Wildman–Crippen MR) is 68.3 cm³/mol. The molecular weight excluding hydrogens is 258 g/mol. The molecule has 0 aliphatic heterocycles. The van der Waals surface area contributed by atoms with Crippen LogP contribution in [0.25, 0.3) is 10.6 Å². The normalized spacial score (nSPS) is 10.5. The number of thiazole rings is 2. The fourth-order valence-electron chi connectivity index (χ4n) is 1.32. The van der Waals surface area contributed by atoms with Crippen LogP contribution < -0.4 is 5.73 Å². The second-order valence-corrected chi connectivity index (χ2v) is 5.29. The van der Waals surface area contributed by atoms with Gasteiger partial charge in [-0.15, -0.1) is 11.3 Å². The molecule has 2 aromatic rings. The summed E-state index contributed by atoms with van der Waals surface area (Å²) in [6, 6.07) is 0. The number of hydrogen-bond donors (Lipinski definition) is 1. The van der Waals surface area contributed by atoms with Gasteiger partial charge in [0, 0.05) is 5.38 Å². The van der Waals surface area contributed by atoms with Crippen LogP contribution in [0.1, 0.15) is 22.4 Å². The second-order valence-electron chi connectivity index (χ2n) is 3.20. The minimum Gasteiger partial charge on any atom is -0.461 e. The van der Waals surface area contributed by atoms with Gasteiger partial charge in [0.05, 0.1) is 22.2 Å². The Balaban J connectivity index is 2.43. The summed E-state index contributed by atoms with van der Waals surface area (Å²) in [6.45, 7) is 3.97. The van der Waals surface area contributed by atoms with E-state index in [1.165, 1.54) is 22.7 Å². The third-order valence-electron chi connectivity index (χ3n) is 1.96. The molecule has 90 valence electrons. The van der Waals surface area contributed by atoms with Gasteiger partial charge in [0.15, 0.2) is 10.8 Å². The molecule has 0 atom stereocenters. The lowest BCUT2D eigenvalue weighted by molar-refractivity contribution is 0.0521. The number of aryl methyl sites for hydroxylation is 1. The highest BCUT2D eigenvalue weighted by Gasteiger charge is 2.21. The number of hydrogen-bond acceptors (Lipinski definition) is 7. The van der Waals surface area contributed by atoms with Crippen LogP contribution in [0.2, 0.25) is 0 Å². The fraction of sp³-hybridized carbons (Fsp3) is 0.300. The van der Waals surface area contributed by atoms with Crippen LogP contribution in [0, 0.1) is 6.92 Å². The minimum absolute atomic E-state index is 0.250. The lowest BCUT2D eigenvalue weighted by Gasteiger charge is -1.99. The number of esters is 1. The van der Waals surface area contributed by atoms with E-state index in [9.17, 15) is 4.79 Å². The molecule has 17 heavy (non-hydrogen) atoms. The largest absolute Gasteiger partial charge is 0.461 e. The maximum absolute atomic E-state index is 11.7. The van der Waals surface area contributed by atoms with Gasteiger partial charge in [0.25, 0.3) is 0 Å². The van der Waals surface area contributed by atoms with Crippen molar-refractivity contribution in [2.75, 3.05) is 12.3 Å². The Morgan fingerprint density at radius 3 is 2.88 bits per heavy atom. The monoisotopic (exact) mass is 269 g/mol. The molecule has 0 aliphatic rings. The van der Waals surface area contributed by atoms with E-state index in [1.54, 1.807) is 6.92 Å². The van der Waals surface area contributed by atoms with Gasteiger partial charge < -0.3 is 10.5 Å². The van der Waals surface area contributed by atoms with E-state index in [0.717, 1.165) is 10.7 Å². The lowest BCUT2D eigenvalue weighted by Crippen LogP contribution is -2.06. The standard InChI is InChI=1S/C10H11N3O2S2/c1-3-15-9(14)7-8(17-10(11)13-7)6-4-16-5(2)12-6/h4H,3H2,1-2H3,(H2,11,13). The summed E-state index contributed by atoms with van der Waals surface area (Å²) < 4.78 is 4.94. The zero-order valence-corrected chi connectivity index (χ0v) is 11.0. The molecule has 0 bridgehead atoms. The van der Waals surface area contributed by atoms with Crippen molar-refractivity contribution >= 4 is 33.8 Å². The number of nitrogens with two attached hydrogens (primary N) is 1. The van der Waals surface area contributed by atoms with Gasteiger partial charge in [0.1, 0.15) is 0 Å². The molecule has 0 radical (unpaired) electrons. The molecule has 0 saturated carbocycles. The van der Waals surface area contributed by atoms with Gasteiger partial charge in [0.2, 0.25) is 0 Å². The Bertz CT molecular complexity index is 547.